The lowest BCUT2D eigenvalue weighted by molar-refractivity contribution is -0.141. The van der Waals surface area contributed by atoms with Crippen molar-refractivity contribution in [3.05, 3.63) is 59.2 Å². The molecule has 0 saturated heterocycles. The lowest BCUT2D eigenvalue weighted by Gasteiger charge is -2.32. The Bertz CT molecular complexity index is 984. The van der Waals surface area contributed by atoms with Gasteiger partial charge in [-0.15, -0.1) is 0 Å². The second-order valence-corrected chi connectivity index (χ2v) is 9.05. The van der Waals surface area contributed by atoms with Crippen LogP contribution >= 0.6 is 0 Å². The molecule has 6 heteroatoms. The third-order valence-corrected chi connectivity index (χ3v) is 6.75. The molecule has 176 valence electrons. The summed E-state index contributed by atoms with van der Waals surface area (Å²) >= 11 is 0. The van der Waals surface area contributed by atoms with Crippen LogP contribution in [0.4, 0.5) is 0 Å². The fraction of sp³-hybridized carbons (Fsp3) is 0.481. The van der Waals surface area contributed by atoms with Crippen LogP contribution in [0.1, 0.15) is 62.1 Å². The summed E-state index contributed by atoms with van der Waals surface area (Å²) in [4.78, 5) is 28.5. The van der Waals surface area contributed by atoms with Crippen LogP contribution in [0.25, 0.3) is 0 Å². The number of fused-ring (bicyclic) bond motifs is 1. The molecule has 2 amide bonds. The Balaban J connectivity index is 1.49. The van der Waals surface area contributed by atoms with Crippen molar-refractivity contribution < 1.29 is 19.1 Å². The highest BCUT2D eigenvalue weighted by atomic mass is 16.7. The monoisotopic (exact) mass is 450 g/mol. The van der Waals surface area contributed by atoms with E-state index in [1.165, 1.54) is 0 Å². The Labute approximate surface area is 196 Å². The molecule has 1 aliphatic heterocycles. The van der Waals surface area contributed by atoms with Crippen molar-refractivity contribution >= 4 is 11.8 Å². The number of ether oxygens (including phenoxy) is 2. The van der Waals surface area contributed by atoms with Gasteiger partial charge in [0.1, 0.15) is 6.04 Å². The maximum absolute atomic E-state index is 13.5. The number of benzene rings is 2. The Morgan fingerprint density at radius 3 is 2.61 bits per heavy atom. The smallest absolute Gasteiger partial charge is 0.243 e. The van der Waals surface area contributed by atoms with E-state index in [4.69, 9.17) is 9.47 Å². The van der Waals surface area contributed by atoms with Crippen molar-refractivity contribution in [1.29, 1.82) is 0 Å². The third kappa shape index (κ3) is 5.67. The average Bonchev–Trinajstić information content (AvgIpc) is 3.50. The third-order valence-electron chi connectivity index (χ3n) is 6.75. The van der Waals surface area contributed by atoms with Crippen molar-refractivity contribution in [2.45, 2.75) is 77.4 Å². The lowest BCUT2D eigenvalue weighted by Crippen LogP contribution is -2.51. The van der Waals surface area contributed by atoms with E-state index < -0.39 is 6.04 Å². The number of nitrogens with one attached hydrogen (secondary N) is 1. The zero-order valence-corrected chi connectivity index (χ0v) is 19.6. The highest BCUT2D eigenvalue weighted by Crippen LogP contribution is 2.33. The van der Waals surface area contributed by atoms with Gasteiger partial charge in [0.25, 0.3) is 0 Å². The van der Waals surface area contributed by atoms with Crippen LogP contribution in [0.2, 0.25) is 0 Å². The maximum atomic E-state index is 13.5. The van der Waals surface area contributed by atoms with E-state index in [1.807, 2.05) is 56.3 Å². The minimum atomic E-state index is -0.477. The molecule has 0 radical (unpaired) electrons. The van der Waals surface area contributed by atoms with Crippen molar-refractivity contribution in [1.82, 2.24) is 10.2 Å². The number of aryl methyl sites for hydroxylation is 2. The summed E-state index contributed by atoms with van der Waals surface area (Å²) in [5.41, 5.74) is 3.21. The number of carbonyl (C=O) groups is 2. The quantitative estimate of drug-likeness (QED) is 0.610. The number of hydrogen-bond acceptors (Lipinski definition) is 4. The van der Waals surface area contributed by atoms with Gasteiger partial charge in [0.05, 0.1) is 0 Å². The SMILES string of the molecule is CCC(C(=O)NC1CCCC1)N(Cc1ccccc1C)C(=O)CCc1ccc2c(c1)OCO2. The van der Waals surface area contributed by atoms with Crippen molar-refractivity contribution in [2.24, 2.45) is 0 Å². The van der Waals surface area contributed by atoms with E-state index in [0.29, 0.717) is 25.8 Å². The first kappa shape index (κ1) is 23.1. The Morgan fingerprint density at radius 1 is 1.09 bits per heavy atom. The van der Waals surface area contributed by atoms with Gasteiger partial charge in [-0.05, 0) is 61.4 Å². The van der Waals surface area contributed by atoms with Crippen LogP contribution in [-0.2, 0) is 22.6 Å². The first-order valence-corrected chi connectivity index (χ1v) is 12.1. The van der Waals surface area contributed by atoms with Crippen molar-refractivity contribution in [3.8, 4) is 11.5 Å². The number of amides is 2. The first-order valence-electron chi connectivity index (χ1n) is 12.1. The molecule has 0 spiro atoms. The number of carbonyl (C=O) groups excluding carboxylic acids is 2. The van der Waals surface area contributed by atoms with Crippen LogP contribution in [0.3, 0.4) is 0 Å². The number of hydrogen-bond donors (Lipinski definition) is 1. The van der Waals surface area contributed by atoms with Gasteiger partial charge in [-0.1, -0.05) is 50.1 Å². The highest BCUT2D eigenvalue weighted by Gasteiger charge is 2.30. The zero-order chi connectivity index (χ0) is 23.2. The molecule has 1 unspecified atom stereocenters. The van der Waals surface area contributed by atoms with E-state index in [-0.39, 0.29) is 24.6 Å². The number of rotatable bonds is 9. The molecule has 2 aromatic rings. The summed E-state index contributed by atoms with van der Waals surface area (Å²) in [5.74, 6) is 1.42. The van der Waals surface area contributed by atoms with Gasteiger partial charge in [-0.2, -0.15) is 0 Å². The summed E-state index contributed by atoms with van der Waals surface area (Å²) in [6.45, 7) is 4.69. The minimum absolute atomic E-state index is 0.00987. The van der Waals surface area contributed by atoms with E-state index in [0.717, 1.165) is 53.9 Å². The van der Waals surface area contributed by atoms with Gasteiger partial charge in [0.15, 0.2) is 11.5 Å². The lowest BCUT2D eigenvalue weighted by atomic mass is 10.0. The fourth-order valence-electron chi connectivity index (χ4n) is 4.75. The second kappa shape index (κ2) is 10.7. The highest BCUT2D eigenvalue weighted by molar-refractivity contribution is 5.88. The van der Waals surface area contributed by atoms with Crippen molar-refractivity contribution in [3.63, 3.8) is 0 Å². The molecule has 1 heterocycles. The van der Waals surface area contributed by atoms with E-state index in [1.54, 1.807) is 4.90 Å². The summed E-state index contributed by atoms with van der Waals surface area (Å²) in [5, 5.41) is 3.20. The van der Waals surface area contributed by atoms with Gasteiger partial charge in [-0.25, -0.2) is 0 Å². The molecule has 1 aliphatic carbocycles. The summed E-state index contributed by atoms with van der Waals surface area (Å²) in [7, 11) is 0. The molecule has 4 rings (SSSR count). The first-order chi connectivity index (χ1) is 16.0. The molecule has 0 bridgehead atoms. The predicted octanol–water partition coefficient (Wildman–Crippen LogP) is 4.52. The molecule has 1 N–H and O–H groups in total. The number of nitrogens with zero attached hydrogens (tertiary/aromatic N) is 1. The average molecular weight is 451 g/mol. The van der Waals surface area contributed by atoms with Gasteiger partial charge in [0, 0.05) is 19.0 Å². The summed E-state index contributed by atoms with van der Waals surface area (Å²) in [6.07, 6.45) is 5.86. The van der Waals surface area contributed by atoms with Gasteiger partial charge >= 0.3 is 0 Å². The molecule has 1 saturated carbocycles. The molecule has 2 aliphatic rings. The second-order valence-electron chi connectivity index (χ2n) is 9.05. The Kier molecular flexibility index (Phi) is 7.53. The molecule has 6 nitrogen and oxygen atoms in total. The zero-order valence-electron chi connectivity index (χ0n) is 19.6. The maximum Gasteiger partial charge on any atom is 0.243 e. The molecule has 1 fully saturated rings. The van der Waals surface area contributed by atoms with E-state index in [9.17, 15) is 9.59 Å². The van der Waals surface area contributed by atoms with E-state index in [2.05, 4.69) is 5.32 Å². The van der Waals surface area contributed by atoms with Crippen LogP contribution in [0, 0.1) is 6.92 Å². The minimum Gasteiger partial charge on any atom is -0.454 e. The summed E-state index contributed by atoms with van der Waals surface area (Å²) in [6, 6.07) is 13.6. The van der Waals surface area contributed by atoms with Gasteiger partial charge in [0.2, 0.25) is 18.6 Å². The van der Waals surface area contributed by atoms with Gasteiger partial charge in [-0.3, -0.25) is 9.59 Å². The Hall–Kier alpha value is -3.02. The molecule has 2 aromatic carbocycles. The molecular formula is C27H34N2O4. The molecular weight excluding hydrogens is 416 g/mol. The summed E-state index contributed by atoms with van der Waals surface area (Å²) < 4.78 is 10.8. The molecule has 0 aromatic heterocycles. The molecule has 1 atom stereocenters. The molecule has 33 heavy (non-hydrogen) atoms. The van der Waals surface area contributed by atoms with Crippen LogP contribution in [-0.4, -0.2) is 35.6 Å². The largest absolute Gasteiger partial charge is 0.454 e. The van der Waals surface area contributed by atoms with Gasteiger partial charge < -0.3 is 19.7 Å². The standard InChI is InChI=1S/C27H34N2O4/c1-3-23(27(31)28-22-10-6-7-11-22)29(17-21-9-5-4-8-19(21)2)26(30)15-13-20-12-14-24-25(16-20)33-18-32-24/h4-5,8-9,12,14,16,22-23H,3,6-7,10-11,13,15,17-18H2,1-2H3,(H,28,31). The van der Waals surface area contributed by atoms with Crippen molar-refractivity contribution in [2.75, 3.05) is 6.79 Å². The Morgan fingerprint density at radius 2 is 1.85 bits per heavy atom. The van der Waals surface area contributed by atoms with Crippen LogP contribution < -0.4 is 14.8 Å². The fourth-order valence-corrected chi connectivity index (χ4v) is 4.75. The predicted molar refractivity (Wildman–Crippen MR) is 127 cm³/mol. The van der Waals surface area contributed by atoms with Crippen LogP contribution in [0.5, 0.6) is 11.5 Å². The van der Waals surface area contributed by atoms with Crippen LogP contribution in [0.15, 0.2) is 42.5 Å². The topological polar surface area (TPSA) is 67.9 Å². The van der Waals surface area contributed by atoms with E-state index >= 15 is 0 Å². The normalized spacial score (nSPS) is 15.9.